The van der Waals surface area contributed by atoms with Gasteiger partial charge in [0, 0.05) is 24.5 Å². The van der Waals surface area contributed by atoms with Crippen molar-refractivity contribution in [2.45, 2.75) is 25.8 Å². The molecular formula is C22H24N4O. The van der Waals surface area contributed by atoms with E-state index in [1.807, 2.05) is 30.3 Å². The zero-order valence-electron chi connectivity index (χ0n) is 15.7. The molecule has 0 atom stereocenters. The number of aromatic nitrogens is 3. The molecule has 1 aliphatic rings. The van der Waals surface area contributed by atoms with Gasteiger partial charge in [0.2, 0.25) is 0 Å². The maximum Gasteiger partial charge on any atom is 0.160 e. The molecule has 2 aromatic heterocycles. The number of piperidine rings is 1. The highest BCUT2D eigenvalue weighted by Gasteiger charge is 2.17. The van der Waals surface area contributed by atoms with Gasteiger partial charge in [0.25, 0.3) is 0 Å². The van der Waals surface area contributed by atoms with Gasteiger partial charge in [0.15, 0.2) is 5.65 Å². The third kappa shape index (κ3) is 2.92. The van der Waals surface area contributed by atoms with Crippen LogP contribution in [0.25, 0.3) is 33.1 Å². The number of para-hydroxylation sites is 2. The number of fused-ring (bicyclic) bond motifs is 4. The van der Waals surface area contributed by atoms with Crippen molar-refractivity contribution in [3.05, 3.63) is 42.5 Å². The Morgan fingerprint density at radius 3 is 2.48 bits per heavy atom. The third-order valence-electron chi connectivity index (χ3n) is 5.65. The lowest BCUT2D eigenvalue weighted by molar-refractivity contribution is 0.222. The van der Waals surface area contributed by atoms with Gasteiger partial charge in [-0.25, -0.2) is 9.97 Å². The second kappa shape index (κ2) is 6.82. The Morgan fingerprint density at radius 1 is 0.926 bits per heavy atom. The van der Waals surface area contributed by atoms with Crippen LogP contribution in [0, 0.1) is 0 Å². The number of nitrogens with zero attached hydrogens (tertiary/aromatic N) is 4. The predicted molar refractivity (Wildman–Crippen MR) is 109 cm³/mol. The summed E-state index contributed by atoms with van der Waals surface area (Å²) >= 11 is 0. The number of rotatable bonds is 4. The number of likely N-dealkylation sites (tertiary alicyclic amines) is 1. The summed E-state index contributed by atoms with van der Waals surface area (Å²) in [6, 6.07) is 14.3. The van der Waals surface area contributed by atoms with E-state index in [1.54, 1.807) is 7.11 Å². The Bertz CT molecular complexity index is 1110. The van der Waals surface area contributed by atoms with Crippen molar-refractivity contribution in [3.63, 3.8) is 0 Å². The summed E-state index contributed by atoms with van der Waals surface area (Å²) in [5, 5.41) is 1.14. The van der Waals surface area contributed by atoms with Crippen LogP contribution in [-0.2, 0) is 6.54 Å². The molecule has 1 saturated heterocycles. The molecule has 0 unspecified atom stereocenters. The number of benzene rings is 2. The maximum atomic E-state index is 5.48. The summed E-state index contributed by atoms with van der Waals surface area (Å²) in [7, 11) is 1.71. The fourth-order valence-corrected chi connectivity index (χ4v) is 4.19. The van der Waals surface area contributed by atoms with Crippen molar-refractivity contribution in [1.82, 2.24) is 19.4 Å². The average molecular weight is 360 g/mol. The van der Waals surface area contributed by atoms with E-state index in [-0.39, 0.29) is 0 Å². The zero-order valence-corrected chi connectivity index (χ0v) is 15.7. The summed E-state index contributed by atoms with van der Waals surface area (Å²) in [6.45, 7) is 4.37. The summed E-state index contributed by atoms with van der Waals surface area (Å²) in [5.41, 5.74) is 4.98. The quantitative estimate of drug-likeness (QED) is 0.546. The molecule has 5 rings (SSSR count). The van der Waals surface area contributed by atoms with Gasteiger partial charge in [-0.05, 0) is 50.2 Å². The monoisotopic (exact) mass is 360 g/mol. The molecule has 5 heteroatoms. The first kappa shape index (κ1) is 16.5. The molecule has 0 saturated carbocycles. The molecule has 27 heavy (non-hydrogen) atoms. The summed E-state index contributed by atoms with van der Waals surface area (Å²) < 4.78 is 7.80. The topological polar surface area (TPSA) is 43.2 Å². The lowest BCUT2D eigenvalue weighted by Crippen LogP contribution is -2.32. The van der Waals surface area contributed by atoms with Crippen molar-refractivity contribution >= 4 is 33.1 Å². The minimum absolute atomic E-state index is 0.870. The first-order chi connectivity index (χ1) is 13.3. The van der Waals surface area contributed by atoms with Crippen LogP contribution in [-0.4, -0.2) is 46.2 Å². The molecule has 2 aromatic carbocycles. The van der Waals surface area contributed by atoms with Crippen LogP contribution >= 0.6 is 0 Å². The Hall–Kier alpha value is -2.66. The van der Waals surface area contributed by atoms with E-state index in [0.29, 0.717) is 0 Å². The van der Waals surface area contributed by atoms with Crippen LogP contribution in [0.1, 0.15) is 19.3 Å². The lowest BCUT2D eigenvalue weighted by atomic mass is 10.1. The molecule has 5 nitrogen and oxygen atoms in total. The number of ether oxygens (including phenoxy) is 1. The number of hydrogen-bond acceptors (Lipinski definition) is 4. The molecule has 4 aromatic rings. The van der Waals surface area contributed by atoms with Crippen molar-refractivity contribution in [2.75, 3.05) is 26.7 Å². The van der Waals surface area contributed by atoms with Gasteiger partial charge >= 0.3 is 0 Å². The normalized spacial score (nSPS) is 15.7. The smallest absolute Gasteiger partial charge is 0.160 e. The Balaban J connectivity index is 1.67. The van der Waals surface area contributed by atoms with E-state index >= 15 is 0 Å². The van der Waals surface area contributed by atoms with Gasteiger partial charge < -0.3 is 14.2 Å². The lowest BCUT2D eigenvalue weighted by Gasteiger charge is -2.26. The van der Waals surface area contributed by atoms with Crippen LogP contribution in [0.5, 0.6) is 5.75 Å². The van der Waals surface area contributed by atoms with Crippen LogP contribution < -0.4 is 4.74 Å². The highest BCUT2D eigenvalue weighted by Crippen LogP contribution is 2.31. The Morgan fingerprint density at radius 2 is 1.70 bits per heavy atom. The molecule has 138 valence electrons. The van der Waals surface area contributed by atoms with Crippen molar-refractivity contribution in [1.29, 1.82) is 0 Å². The molecule has 0 aliphatic carbocycles. The van der Waals surface area contributed by atoms with E-state index in [4.69, 9.17) is 14.7 Å². The molecule has 0 amide bonds. The summed E-state index contributed by atoms with van der Waals surface area (Å²) in [4.78, 5) is 12.5. The molecule has 3 heterocycles. The van der Waals surface area contributed by atoms with E-state index in [9.17, 15) is 0 Å². The first-order valence-corrected chi connectivity index (χ1v) is 9.78. The average Bonchev–Trinajstić information content (AvgIpc) is 3.03. The third-order valence-corrected chi connectivity index (χ3v) is 5.65. The van der Waals surface area contributed by atoms with Crippen molar-refractivity contribution < 1.29 is 4.74 Å². The summed E-state index contributed by atoms with van der Waals surface area (Å²) in [5.74, 6) is 0.870. The van der Waals surface area contributed by atoms with E-state index in [0.717, 1.165) is 51.9 Å². The maximum absolute atomic E-state index is 5.48. The van der Waals surface area contributed by atoms with Crippen LogP contribution in [0.15, 0.2) is 42.5 Å². The van der Waals surface area contributed by atoms with Crippen molar-refractivity contribution in [2.24, 2.45) is 0 Å². The minimum atomic E-state index is 0.870. The van der Waals surface area contributed by atoms with Crippen LogP contribution in [0.2, 0.25) is 0 Å². The Kier molecular flexibility index (Phi) is 4.17. The highest BCUT2D eigenvalue weighted by molar-refractivity contribution is 6.06. The molecule has 0 N–H and O–H groups in total. The van der Waals surface area contributed by atoms with Gasteiger partial charge in [0.05, 0.1) is 23.7 Å². The van der Waals surface area contributed by atoms with Gasteiger partial charge in [-0.15, -0.1) is 0 Å². The van der Waals surface area contributed by atoms with Gasteiger partial charge in [-0.1, -0.05) is 18.6 Å². The SMILES string of the molecule is COc1ccc2c3nc4ccccc4nc3n(CCN3CCCCC3)c2c1. The van der Waals surface area contributed by atoms with Gasteiger partial charge in [-0.2, -0.15) is 0 Å². The Labute approximate surface area is 158 Å². The first-order valence-electron chi connectivity index (χ1n) is 9.78. The highest BCUT2D eigenvalue weighted by atomic mass is 16.5. The number of methoxy groups -OCH3 is 1. The summed E-state index contributed by atoms with van der Waals surface area (Å²) in [6.07, 6.45) is 3.98. The van der Waals surface area contributed by atoms with E-state index in [2.05, 4.69) is 21.6 Å². The molecule has 0 bridgehead atoms. The molecule has 0 radical (unpaired) electrons. The van der Waals surface area contributed by atoms with Crippen LogP contribution in [0.3, 0.4) is 0 Å². The largest absolute Gasteiger partial charge is 0.497 e. The molecule has 1 fully saturated rings. The minimum Gasteiger partial charge on any atom is -0.497 e. The van der Waals surface area contributed by atoms with Gasteiger partial charge in [-0.3, -0.25) is 0 Å². The fraction of sp³-hybridized carbons (Fsp3) is 0.364. The van der Waals surface area contributed by atoms with Gasteiger partial charge in [0.1, 0.15) is 11.3 Å². The number of hydrogen-bond donors (Lipinski definition) is 0. The van der Waals surface area contributed by atoms with E-state index in [1.165, 1.54) is 32.4 Å². The zero-order chi connectivity index (χ0) is 18.2. The second-order valence-electron chi connectivity index (χ2n) is 7.32. The van der Waals surface area contributed by atoms with Crippen LogP contribution in [0.4, 0.5) is 0 Å². The fourth-order valence-electron chi connectivity index (χ4n) is 4.19. The molecule has 0 spiro atoms. The second-order valence-corrected chi connectivity index (χ2v) is 7.32. The molecular weight excluding hydrogens is 336 g/mol. The standard InChI is InChI=1S/C22H24N4O/c1-27-16-9-10-17-20(15-16)26(14-13-25-11-5-2-6-12-25)22-21(17)23-18-7-3-4-8-19(18)24-22/h3-4,7-10,15H,2,5-6,11-14H2,1H3. The molecule has 1 aliphatic heterocycles. The van der Waals surface area contributed by atoms with E-state index < -0.39 is 0 Å². The predicted octanol–water partition coefficient (Wildman–Crippen LogP) is 4.23. The van der Waals surface area contributed by atoms with Crippen molar-refractivity contribution in [3.8, 4) is 5.75 Å².